The van der Waals surface area contributed by atoms with E-state index < -0.39 is 11.6 Å². The van der Waals surface area contributed by atoms with Gasteiger partial charge in [-0.2, -0.15) is 0 Å². The smallest absolute Gasteiger partial charge is 0.343 e. The van der Waals surface area contributed by atoms with Gasteiger partial charge in [0, 0.05) is 6.42 Å². The SMILES string of the molecule is C=C/C=C\C=C(/C=C)C(=O)Oc1ccc(CC(C)(C)O)cc1. The van der Waals surface area contributed by atoms with E-state index in [4.69, 9.17) is 4.74 Å². The Morgan fingerprint density at radius 1 is 1.23 bits per heavy atom. The maximum atomic E-state index is 12.0. The maximum absolute atomic E-state index is 12.0. The van der Waals surface area contributed by atoms with Gasteiger partial charge in [-0.05, 0) is 37.6 Å². The number of carbonyl (C=O) groups excluding carboxylic acids is 1. The molecule has 3 nitrogen and oxygen atoms in total. The molecule has 0 fully saturated rings. The van der Waals surface area contributed by atoms with Crippen molar-refractivity contribution in [3.63, 3.8) is 0 Å². The van der Waals surface area contributed by atoms with Gasteiger partial charge in [-0.1, -0.05) is 49.6 Å². The van der Waals surface area contributed by atoms with Crippen molar-refractivity contribution < 1.29 is 14.6 Å². The number of rotatable bonds is 7. The first-order chi connectivity index (χ1) is 10.4. The van der Waals surface area contributed by atoms with Crippen molar-refractivity contribution in [2.24, 2.45) is 0 Å². The molecule has 0 aliphatic rings. The Bertz CT molecular complexity index is 584. The largest absolute Gasteiger partial charge is 0.423 e. The minimum Gasteiger partial charge on any atom is -0.423 e. The van der Waals surface area contributed by atoms with Crippen molar-refractivity contribution in [3.8, 4) is 5.75 Å². The first-order valence-electron chi connectivity index (χ1n) is 7.01. The van der Waals surface area contributed by atoms with Gasteiger partial charge < -0.3 is 9.84 Å². The lowest BCUT2D eigenvalue weighted by molar-refractivity contribution is -0.129. The predicted octanol–water partition coefficient (Wildman–Crippen LogP) is 3.76. The molecule has 0 amide bonds. The van der Waals surface area contributed by atoms with Gasteiger partial charge in [0.25, 0.3) is 0 Å². The van der Waals surface area contributed by atoms with Crippen LogP contribution in [0.25, 0.3) is 0 Å². The second kappa shape index (κ2) is 8.15. The summed E-state index contributed by atoms with van der Waals surface area (Å²) in [6, 6.07) is 7.07. The van der Waals surface area contributed by atoms with E-state index in [0.717, 1.165) is 5.56 Å². The Morgan fingerprint density at radius 3 is 2.36 bits per heavy atom. The van der Waals surface area contributed by atoms with Gasteiger partial charge >= 0.3 is 5.97 Å². The Morgan fingerprint density at radius 2 is 1.86 bits per heavy atom. The fourth-order valence-corrected chi connectivity index (χ4v) is 1.80. The van der Waals surface area contributed by atoms with Gasteiger partial charge in [0.05, 0.1) is 11.2 Å². The lowest BCUT2D eigenvalue weighted by Gasteiger charge is -2.17. The van der Waals surface area contributed by atoms with Crippen LogP contribution in [0.3, 0.4) is 0 Å². The van der Waals surface area contributed by atoms with Crippen LogP contribution in [0.2, 0.25) is 0 Å². The second-order valence-electron chi connectivity index (χ2n) is 5.47. The highest BCUT2D eigenvalue weighted by Gasteiger charge is 2.14. The van der Waals surface area contributed by atoms with Crippen LogP contribution in [0.15, 0.2) is 73.4 Å². The van der Waals surface area contributed by atoms with Gasteiger partial charge in [0.2, 0.25) is 0 Å². The monoisotopic (exact) mass is 298 g/mol. The zero-order valence-corrected chi connectivity index (χ0v) is 13.1. The average molecular weight is 298 g/mol. The molecule has 1 aromatic carbocycles. The molecular weight excluding hydrogens is 276 g/mol. The molecule has 0 saturated carbocycles. The summed E-state index contributed by atoms with van der Waals surface area (Å²) in [5, 5.41) is 9.78. The fourth-order valence-electron chi connectivity index (χ4n) is 1.80. The normalized spacial score (nSPS) is 12.2. The van der Waals surface area contributed by atoms with E-state index in [2.05, 4.69) is 13.2 Å². The molecule has 116 valence electrons. The van der Waals surface area contributed by atoms with Crippen molar-refractivity contribution in [2.45, 2.75) is 25.9 Å². The molecule has 0 aliphatic heterocycles. The van der Waals surface area contributed by atoms with Crippen LogP contribution in [-0.2, 0) is 11.2 Å². The highest BCUT2D eigenvalue weighted by molar-refractivity contribution is 5.93. The number of carbonyl (C=O) groups is 1. The lowest BCUT2D eigenvalue weighted by Crippen LogP contribution is -2.21. The third-order valence-corrected chi connectivity index (χ3v) is 2.75. The number of ether oxygens (including phenoxy) is 1. The third-order valence-electron chi connectivity index (χ3n) is 2.75. The van der Waals surface area contributed by atoms with Crippen LogP contribution >= 0.6 is 0 Å². The quantitative estimate of drug-likeness (QED) is 0.361. The van der Waals surface area contributed by atoms with Crippen molar-refractivity contribution in [2.75, 3.05) is 0 Å². The molecule has 0 bridgehead atoms. The Kier molecular flexibility index (Phi) is 6.54. The minimum atomic E-state index is -0.769. The first kappa shape index (κ1) is 17.7. The zero-order chi connectivity index (χ0) is 16.6. The number of esters is 1. The summed E-state index contributed by atoms with van der Waals surface area (Å²) in [7, 11) is 0. The molecule has 1 aromatic rings. The van der Waals surface area contributed by atoms with Crippen LogP contribution in [0.1, 0.15) is 19.4 Å². The standard InChI is InChI=1S/C19H22O3/c1-5-7-8-9-16(6-2)18(20)22-17-12-10-15(11-13-17)14-19(3,4)21/h5-13,21H,1-2,14H2,3-4H3/b8-7-,16-9+. The highest BCUT2D eigenvalue weighted by Crippen LogP contribution is 2.18. The van der Waals surface area contributed by atoms with Crippen LogP contribution in [0.5, 0.6) is 5.75 Å². The molecule has 0 aromatic heterocycles. The summed E-state index contributed by atoms with van der Waals surface area (Å²) in [6.07, 6.45) is 8.60. The van der Waals surface area contributed by atoms with E-state index in [-0.39, 0.29) is 0 Å². The van der Waals surface area contributed by atoms with E-state index in [1.807, 2.05) is 12.1 Å². The van der Waals surface area contributed by atoms with Crippen molar-refractivity contribution in [3.05, 3.63) is 78.9 Å². The first-order valence-corrected chi connectivity index (χ1v) is 7.01. The number of hydrogen-bond acceptors (Lipinski definition) is 3. The Hall–Kier alpha value is -2.39. The lowest BCUT2D eigenvalue weighted by atomic mass is 9.99. The predicted molar refractivity (Wildman–Crippen MR) is 89.7 cm³/mol. The molecular formula is C19H22O3. The summed E-state index contributed by atoms with van der Waals surface area (Å²) in [4.78, 5) is 12.0. The molecule has 1 rings (SSSR count). The summed E-state index contributed by atoms with van der Waals surface area (Å²) >= 11 is 0. The highest BCUT2D eigenvalue weighted by atomic mass is 16.5. The molecule has 0 heterocycles. The van der Waals surface area contributed by atoms with Crippen LogP contribution in [-0.4, -0.2) is 16.7 Å². The Balaban J connectivity index is 2.75. The van der Waals surface area contributed by atoms with E-state index in [9.17, 15) is 9.90 Å². The molecule has 0 aliphatic carbocycles. The molecule has 1 N–H and O–H groups in total. The molecule has 3 heteroatoms. The van der Waals surface area contributed by atoms with Crippen LogP contribution in [0.4, 0.5) is 0 Å². The number of aliphatic hydroxyl groups is 1. The number of benzene rings is 1. The van der Waals surface area contributed by atoms with Gasteiger partial charge in [-0.15, -0.1) is 0 Å². The molecule has 0 atom stereocenters. The summed E-state index contributed by atoms with van der Waals surface area (Å²) in [6.45, 7) is 10.7. The van der Waals surface area contributed by atoms with Crippen LogP contribution < -0.4 is 4.74 Å². The summed E-state index contributed by atoms with van der Waals surface area (Å²) < 4.78 is 5.28. The minimum absolute atomic E-state index is 0.360. The molecule has 22 heavy (non-hydrogen) atoms. The average Bonchev–Trinajstić information content (AvgIpc) is 2.44. The maximum Gasteiger partial charge on any atom is 0.343 e. The third kappa shape index (κ3) is 6.37. The van der Waals surface area contributed by atoms with Gasteiger partial charge in [0.15, 0.2) is 0 Å². The van der Waals surface area contributed by atoms with Gasteiger partial charge in [-0.25, -0.2) is 4.79 Å². The van der Waals surface area contributed by atoms with E-state index in [0.29, 0.717) is 17.7 Å². The second-order valence-corrected chi connectivity index (χ2v) is 5.47. The van der Waals surface area contributed by atoms with Crippen LogP contribution in [0, 0.1) is 0 Å². The van der Waals surface area contributed by atoms with Crippen molar-refractivity contribution in [1.29, 1.82) is 0 Å². The van der Waals surface area contributed by atoms with Gasteiger partial charge in [-0.3, -0.25) is 0 Å². The molecule has 0 saturated heterocycles. The Labute approximate surface area is 131 Å². The van der Waals surface area contributed by atoms with E-state index in [1.165, 1.54) is 6.08 Å². The summed E-state index contributed by atoms with van der Waals surface area (Å²) in [5.74, 6) is -0.0242. The van der Waals surface area contributed by atoms with E-state index >= 15 is 0 Å². The fraction of sp³-hybridized carbons (Fsp3) is 0.211. The summed E-state index contributed by atoms with van der Waals surface area (Å²) in [5.41, 5.74) is 0.563. The van der Waals surface area contributed by atoms with Crippen molar-refractivity contribution >= 4 is 5.97 Å². The topological polar surface area (TPSA) is 46.5 Å². The number of allylic oxidation sites excluding steroid dienone is 4. The van der Waals surface area contributed by atoms with E-state index in [1.54, 1.807) is 50.3 Å². The molecule has 0 radical (unpaired) electrons. The van der Waals surface area contributed by atoms with Gasteiger partial charge in [0.1, 0.15) is 5.75 Å². The molecule has 0 spiro atoms. The number of hydrogen-bond donors (Lipinski definition) is 1. The van der Waals surface area contributed by atoms with Crippen molar-refractivity contribution in [1.82, 2.24) is 0 Å². The zero-order valence-electron chi connectivity index (χ0n) is 13.1. The molecule has 0 unspecified atom stereocenters.